The van der Waals surface area contributed by atoms with Gasteiger partial charge in [-0.05, 0) is 35.9 Å². The maximum atomic E-state index is 11.2. The summed E-state index contributed by atoms with van der Waals surface area (Å²) in [6.45, 7) is 0.205. The van der Waals surface area contributed by atoms with Gasteiger partial charge in [0.15, 0.2) is 0 Å². The van der Waals surface area contributed by atoms with E-state index >= 15 is 0 Å². The van der Waals surface area contributed by atoms with Crippen LogP contribution in [0.1, 0.15) is 5.56 Å². The summed E-state index contributed by atoms with van der Waals surface area (Å²) >= 11 is 12.1. The van der Waals surface area contributed by atoms with Gasteiger partial charge in [-0.2, -0.15) is 0 Å². The number of methoxy groups -OCH3 is 1. The van der Waals surface area contributed by atoms with Gasteiger partial charge in [0.1, 0.15) is 18.1 Å². The van der Waals surface area contributed by atoms with Gasteiger partial charge in [-0.15, -0.1) is 0 Å². The highest BCUT2D eigenvalue weighted by Crippen LogP contribution is 2.35. The van der Waals surface area contributed by atoms with E-state index in [-0.39, 0.29) is 12.3 Å². The molecular formula is C20H15Cl2NO4. The summed E-state index contributed by atoms with van der Waals surface area (Å²) in [5, 5.41) is 12.2. The molecule has 0 heterocycles. The predicted molar refractivity (Wildman–Crippen MR) is 106 cm³/mol. The Kier molecular flexibility index (Phi) is 5.84. The first-order valence-corrected chi connectivity index (χ1v) is 8.73. The molecule has 0 aromatic heterocycles. The third-order valence-corrected chi connectivity index (χ3v) is 4.56. The van der Waals surface area contributed by atoms with E-state index in [1.54, 1.807) is 43.5 Å². The van der Waals surface area contributed by atoms with Crippen LogP contribution < -0.4 is 9.47 Å². The second-order valence-corrected chi connectivity index (χ2v) is 6.53. The average molecular weight is 404 g/mol. The largest absolute Gasteiger partial charge is 0.497 e. The van der Waals surface area contributed by atoms with Crippen molar-refractivity contribution in [3.8, 4) is 22.6 Å². The molecule has 3 aromatic rings. The molecule has 0 saturated carbocycles. The van der Waals surface area contributed by atoms with Crippen LogP contribution >= 0.6 is 23.2 Å². The van der Waals surface area contributed by atoms with Crippen LogP contribution in [0.15, 0.2) is 60.7 Å². The van der Waals surface area contributed by atoms with Crippen molar-refractivity contribution in [2.75, 3.05) is 7.11 Å². The van der Waals surface area contributed by atoms with Crippen LogP contribution in [-0.4, -0.2) is 12.0 Å². The minimum Gasteiger partial charge on any atom is -0.497 e. The smallest absolute Gasteiger partial charge is 0.270 e. The zero-order valence-electron chi connectivity index (χ0n) is 14.3. The zero-order chi connectivity index (χ0) is 19.4. The van der Waals surface area contributed by atoms with E-state index in [1.165, 1.54) is 12.1 Å². The number of non-ortho nitro benzene ring substituents is 1. The lowest BCUT2D eigenvalue weighted by Crippen LogP contribution is -1.99. The summed E-state index contributed by atoms with van der Waals surface area (Å²) in [6.07, 6.45) is 0. The zero-order valence-corrected chi connectivity index (χ0v) is 15.8. The molecule has 0 aliphatic carbocycles. The molecule has 0 radical (unpaired) electrons. The molecule has 0 unspecified atom stereocenters. The molecule has 0 bridgehead atoms. The summed E-state index contributed by atoms with van der Waals surface area (Å²) in [5.74, 6) is 1.20. The number of nitrogens with zero attached hydrogens (tertiary/aromatic N) is 1. The molecule has 0 fully saturated rings. The van der Waals surface area contributed by atoms with Gasteiger partial charge in [-0.3, -0.25) is 10.1 Å². The Labute approximate surface area is 166 Å². The third-order valence-electron chi connectivity index (χ3n) is 3.97. The molecule has 27 heavy (non-hydrogen) atoms. The van der Waals surface area contributed by atoms with Crippen molar-refractivity contribution in [2.45, 2.75) is 6.61 Å². The number of halogens is 2. The van der Waals surface area contributed by atoms with Gasteiger partial charge in [0.25, 0.3) is 5.69 Å². The van der Waals surface area contributed by atoms with Gasteiger partial charge in [-0.25, -0.2) is 0 Å². The van der Waals surface area contributed by atoms with Crippen molar-refractivity contribution in [1.82, 2.24) is 0 Å². The van der Waals surface area contributed by atoms with E-state index in [0.717, 1.165) is 11.1 Å². The topological polar surface area (TPSA) is 61.6 Å². The van der Waals surface area contributed by atoms with Crippen LogP contribution in [0.4, 0.5) is 5.69 Å². The van der Waals surface area contributed by atoms with Gasteiger partial charge in [0.2, 0.25) is 0 Å². The second-order valence-electron chi connectivity index (χ2n) is 5.69. The first-order valence-electron chi connectivity index (χ1n) is 7.97. The maximum absolute atomic E-state index is 11.2. The first kappa shape index (κ1) is 19.0. The third kappa shape index (κ3) is 4.51. The second kappa shape index (κ2) is 8.29. The highest BCUT2D eigenvalue weighted by Gasteiger charge is 2.14. The lowest BCUT2D eigenvalue weighted by Gasteiger charge is -2.13. The van der Waals surface area contributed by atoms with E-state index in [4.69, 9.17) is 32.7 Å². The number of benzene rings is 3. The highest BCUT2D eigenvalue weighted by molar-refractivity contribution is 6.35. The molecular weight excluding hydrogens is 389 g/mol. The van der Waals surface area contributed by atoms with Crippen LogP contribution in [0, 0.1) is 10.1 Å². The number of nitro groups is 1. The van der Waals surface area contributed by atoms with Crippen molar-refractivity contribution < 1.29 is 14.4 Å². The van der Waals surface area contributed by atoms with Gasteiger partial charge in [0, 0.05) is 33.3 Å². The quantitative estimate of drug-likeness (QED) is 0.365. The molecule has 0 N–H and O–H groups in total. The van der Waals surface area contributed by atoms with Crippen LogP contribution in [0.2, 0.25) is 10.0 Å². The van der Waals surface area contributed by atoms with E-state index in [2.05, 4.69) is 0 Å². The van der Waals surface area contributed by atoms with Crippen molar-refractivity contribution in [1.29, 1.82) is 0 Å². The van der Waals surface area contributed by atoms with Crippen molar-refractivity contribution in [3.05, 3.63) is 86.4 Å². The van der Waals surface area contributed by atoms with Gasteiger partial charge in [-0.1, -0.05) is 41.4 Å². The highest BCUT2D eigenvalue weighted by atomic mass is 35.5. The molecule has 0 atom stereocenters. The average Bonchev–Trinajstić information content (AvgIpc) is 2.67. The molecule has 0 amide bonds. The van der Waals surface area contributed by atoms with Gasteiger partial charge >= 0.3 is 0 Å². The molecule has 5 nitrogen and oxygen atoms in total. The predicted octanol–water partition coefficient (Wildman–Crippen LogP) is 6.16. The Balaban J connectivity index is 1.94. The molecule has 0 spiro atoms. The minimum absolute atomic E-state index is 0.0160. The molecule has 3 aromatic carbocycles. The van der Waals surface area contributed by atoms with Crippen molar-refractivity contribution >= 4 is 28.9 Å². The normalized spacial score (nSPS) is 10.5. The van der Waals surface area contributed by atoms with E-state index in [0.29, 0.717) is 27.1 Å². The number of rotatable bonds is 6. The molecule has 3 rings (SSSR count). The Bertz CT molecular complexity index is 974. The maximum Gasteiger partial charge on any atom is 0.270 e. The summed E-state index contributed by atoms with van der Waals surface area (Å²) in [4.78, 5) is 10.7. The number of hydrogen-bond donors (Lipinski definition) is 0. The minimum atomic E-state index is -0.438. The molecule has 7 heteroatoms. The fourth-order valence-electron chi connectivity index (χ4n) is 2.55. The van der Waals surface area contributed by atoms with Crippen molar-refractivity contribution in [2.24, 2.45) is 0 Å². The molecule has 0 aliphatic rings. The van der Waals surface area contributed by atoms with Crippen LogP contribution in [0.25, 0.3) is 11.1 Å². The Morgan fingerprint density at radius 3 is 2.37 bits per heavy atom. The fraction of sp³-hybridized carbons (Fsp3) is 0.100. The molecule has 0 saturated heterocycles. The van der Waals surface area contributed by atoms with E-state index in [9.17, 15) is 10.1 Å². The standard InChI is InChI=1S/C20H15Cl2NO4/c1-26-17-7-3-13(4-8-17)18-11-16(23(24)25)6-9-20(18)27-12-14-2-5-15(21)10-19(14)22/h2-11H,12H2,1H3. The van der Waals surface area contributed by atoms with Gasteiger partial charge in [0.05, 0.1) is 12.0 Å². The lowest BCUT2D eigenvalue weighted by atomic mass is 10.0. The van der Waals surface area contributed by atoms with Crippen LogP contribution in [0.3, 0.4) is 0 Å². The van der Waals surface area contributed by atoms with Gasteiger partial charge < -0.3 is 9.47 Å². The fourth-order valence-corrected chi connectivity index (χ4v) is 3.01. The van der Waals surface area contributed by atoms with Crippen LogP contribution in [0.5, 0.6) is 11.5 Å². The van der Waals surface area contributed by atoms with E-state index in [1.807, 2.05) is 12.1 Å². The number of nitro benzene ring substituents is 1. The molecule has 138 valence electrons. The van der Waals surface area contributed by atoms with Crippen LogP contribution in [-0.2, 0) is 6.61 Å². The Morgan fingerprint density at radius 2 is 1.74 bits per heavy atom. The Morgan fingerprint density at radius 1 is 1.00 bits per heavy atom. The number of ether oxygens (including phenoxy) is 2. The summed E-state index contributed by atoms with van der Waals surface area (Å²) in [5.41, 5.74) is 2.13. The Hall–Kier alpha value is -2.76. The summed E-state index contributed by atoms with van der Waals surface area (Å²) in [6, 6.07) is 16.8. The molecule has 0 aliphatic heterocycles. The first-order chi connectivity index (χ1) is 13.0. The number of hydrogen-bond acceptors (Lipinski definition) is 4. The lowest BCUT2D eigenvalue weighted by molar-refractivity contribution is -0.384. The SMILES string of the molecule is COc1ccc(-c2cc([N+](=O)[O-])ccc2OCc2ccc(Cl)cc2Cl)cc1. The summed E-state index contributed by atoms with van der Waals surface area (Å²) in [7, 11) is 1.58. The van der Waals surface area contributed by atoms with E-state index < -0.39 is 4.92 Å². The van der Waals surface area contributed by atoms with Crippen molar-refractivity contribution in [3.63, 3.8) is 0 Å². The monoisotopic (exact) mass is 403 g/mol. The summed E-state index contributed by atoms with van der Waals surface area (Å²) < 4.78 is 11.1.